The highest BCUT2D eigenvalue weighted by atomic mass is 16.5. The van der Waals surface area contributed by atoms with Crippen LogP contribution in [0, 0.1) is 0 Å². The second kappa shape index (κ2) is 6.07. The number of hydrogen-bond donors (Lipinski definition) is 1. The van der Waals surface area contributed by atoms with Gasteiger partial charge in [0.05, 0.1) is 12.2 Å². The molecule has 0 bridgehead atoms. The van der Waals surface area contributed by atoms with E-state index < -0.39 is 5.97 Å². The van der Waals surface area contributed by atoms with E-state index >= 15 is 0 Å². The molecular weight excluding hydrogens is 260 g/mol. The van der Waals surface area contributed by atoms with Crippen LogP contribution in [0.1, 0.15) is 61.0 Å². The lowest BCUT2D eigenvalue weighted by Crippen LogP contribution is -2.29. The molecule has 110 valence electrons. The summed E-state index contributed by atoms with van der Waals surface area (Å²) in [6.45, 7) is 1.88. The van der Waals surface area contributed by atoms with Crippen LogP contribution in [0.25, 0.3) is 0 Å². The fourth-order valence-electron chi connectivity index (χ4n) is 2.74. The molecule has 2 rings (SSSR count). The molecule has 1 fully saturated rings. The number of hydrogen-bond acceptors (Lipinski definition) is 5. The van der Waals surface area contributed by atoms with Gasteiger partial charge in [0.25, 0.3) is 5.56 Å². The van der Waals surface area contributed by atoms with Crippen LogP contribution < -0.4 is 5.56 Å². The lowest BCUT2D eigenvalue weighted by Gasteiger charge is -2.22. The molecule has 0 saturated heterocycles. The molecule has 1 saturated carbocycles. The summed E-state index contributed by atoms with van der Waals surface area (Å²) in [7, 11) is 1.48. The number of aromatic hydroxyl groups is 1. The number of ether oxygens (including phenoxy) is 1. The van der Waals surface area contributed by atoms with E-state index in [9.17, 15) is 14.7 Å². The zero-order valence-corrected chi connectivity index (χ0v) is 11.9. The van der Waals surface area contributed by atoms with Crippen LogP contribution in [0.2, 0.25) is 0 Å². The van der Waals surface area contributed by atoms with Crippen LogP contribution in [-0.4, -0.2) is 27.5 Å². The summed E-state index contributed by atoms with van der Waals surface area (Å²) in [5.74, 6) is -1.00. The van der Waals surface area contributed by atoms with Gasteiger partial charge in [-0.25, -0.2) is 9.48 Å². The van der Waals surface area contributed by atoms with Crippen molar-refractivity contribution >= 4 is 5.97 Å². The van der Waals surface area contributed by atoms with Gasteiger partial charge in [-0.1, -0.05) is 19.3 Å². The van der Waals surface area contributed by atoms with Gasteiger partial charge in [0.15, 0.2) is 5.75 Å². The van der Waals surface area contributed by atoms with Gasteiger partial charge in [-0.15, -0.1) is 0 Å². The van der Waals surface area contributed by atoms with E-state index in [2.05, 4.69) is 5.10 Å². The van der Waals surface area contributed by atoms with E-state index in [1.165, 1.54) is 7.05 Å². The van der Waals surface area contributed by atoms with E-state index in [0.717, 1.165) is 36.8 Å². The first-order chi connectivity index (χ1) is 9.56. The maximum absolute atomic E-state index is 12.2. The number of esters is 1. The average molecular weight is 280 g/mol. The summed E-state index contributed by atoms with van der Waals surface area (Å²) in [5.41, 5.74) is -0.192. The zero-order chi connectivity index (χ0) is 14.7. The Balaban J connectivity index is 2.49. The number of aryl methyl sites for hydroxylation is 1. The van der Waals surface area contributed by atoms with Crippen molar-refractivity contribution in [2.45, 2.75) is 44.9 Å². The molecule has 0 radical (unpaired) electrons. The Morgan fingerprint density at radius 3 is 2.65 bits per heavy atom. The van der Waals surface area contributed by atoms with Crippen LogP contribution >= 0.6 is 0 Å². The molecule has 1 aliphatic carbocycles. The summed E-state index contributed by atoms with van der Waals surface area (Å²) in [6.07, 6.45) is 4.92. The number of carbonyl (C=O) groups excluding carboxylic acids is 1. The highest BCUT2D eigenvalue weighted by Gasteiger charge is 2.28. The molecule has 1 aromatic rings. The van der Waals surface area contributed by atoms with Crippen molar-refractivity contribution in [3.05, 3.63) is 21.6 Å². The molecule has 6 nitrogen and oxygen atoms in total. The maximum Gasteiger partial charge on any atom is 0.362 e. The largest absolute Gasteiger partial charge is 0.505 e. The average Bonchev–Trinajstić information content (AvgIpc) is 2.44. The van der Waals surface area contributed by atoms with E-state index in [1.807, 2.05) is 0 Å². The Hall–Kier alpha value is -1.85. The van der Waals surface area contributed by atoms with Gasteiger partial charge in [-0.2, -0.15) is 5.10 Å². The fourth-order valence-corrected chi connectivity index (χ4v) is 2.74. The van der Waals surface area contributed by atoms with Crippen molar-refractivity contribution in [3.63, 3.8) is 0 Å². The summed E-state index contributed by atoms with van der Waals surface area (Å²) >= 11 is 0. The van der Waals surface area contributed by atoms with Crippen molar-refractivity contribution in [2.24, 2.45) is 7.05 Å². The third kappa shape index (κ3) is 2.69. The molecule has 1 heterocycles. The van der Waals surface area contributed by atoms with Crippen LogP contribution in [-0.2, 0) is 11.8 Å². The molecule has 0 atom stereocenters. The molecule has 0 aromatic carbocycles. The van der Waals surface area contributed by atoms with E-state index in [1.54, 1.807) is 6.92 Å². The Bertz CT molecular complexity index is 559. The minimum Gasteiger partial charge on any atom is -0.505 e. The van der Waals surface area contributed by atoms with Gasteiger partial charge in [0.2, 0.25) is 5.69 Å². The molecular formula is C14H20N2O4. The number of rotatable bonds is 3. The van der Waals surface area contributed by atoms with Crippen LogP contribution in [0.3, 0.4) is 0 Å². The highest BCUT2D eigenvalue weighted by molar-refractivity contribution is 5.90. The summed E-state index contributed by atoms with van der Waals surface area (Å²) < 4.78 is 5.98. The molecule has 0 amide bonds. The Kier molecular flexibility index (Phi) is 4.42. The normalized spacial score (nSPS) is 16.1. The molecule has 1 aromatic heterocycles. The van der Waals surface area contributed by atoms with Crippen molar-refractivity contribution in [1.82, 2.24) is 9.78 Å². The summed E-state index contributed by atoms with van der Waals surface area (Å²) in [6, 6.07) is 0. The Morgan fingerprint density at radius 1 is 1.40 bits per heavy atom. The SMILES string of the molecule is CCOC(=O)c1nn(C)c(=O)c(C2CCCCC2)c1O. The van der Waals surface area contributed by atoms with Gasteiger partial charge >= 0.3 is 5.97 Å². The standard InChI is InChI=1S/C14H20N2O4/c1-3-20-14(19)11-12(17)10(13(18)16(2)15-11)9-7-5-4-6-8-9/h9,17H,3-8H2,1-2H3. The van der Waals surface area contributed by atoms with Gasteiger partial charge in [-0.3, -0.25) is 4.79 Å². The molecule has 1 aliphatic rings. The lowest BCUT2D eigenvalue weighted by molar-refractivity contribution is 0.0512. The van der Waals surface area contributed by atoms with Gasteiger partial charge < -0.3 is 9.84 Å². The minimum absolute atomic E-state index is 0.00127. The highest BCUT2D eigenvalue weighted by Crippen LogP contribution is 2.35. The minimum atomic E-state index is -0.697. The molecule has 0 aliphatic heterocycles. The maximum atomic E-state index is 12.2. The second-order valence-corrected chi connectivity index (χ2v) is 5.10. The Labute approximate surface area is 117 Å². The molecule has 1 N–H and O–H groups in total. The first-order valence-electron chi connectivity index (χ1n) is 7.03. The lowest BCUT2D eigenvalue weighted by atomic mass is 9.84. The molecule has 20 heavy (non-hydrogen) atoms. The summed E-state index contributed by atoms with van der Waals surface area (Å²) in [4.78, 5) is 24.0. The molecule has 0 spiro atoms. The van der Waals surface area contributed by atoms with Gasteiger partial charge in [0.1, 0.15) is 0 Å². The van der Waals surface area contributed by atoms with E-state index in [0.29, 0.717) is 5.56 Å². The molecule has 0 unspecified atom stereocenters. The third-order valence-corrected chi connectivity index (χ3v) is 3.74. The smallest absolute Gasteiger partial charge is 0.362 e. The second-order valence-electron chi connectivity index (χ2n) is 5.10. The topological polar surface area (TPSA) is 81.4 Å². The predicted molar refractivity (Wildman–Crippen MR) is 72.9 cm³/mol. The van der Waals surface area contributed by atoms with Crippen LogP contribution in [0.4, 0.5) is 0 Å². The van der Waals surface area contributed by atoms with Crippen LogP contribution in [0.15, 0.2) is 4.79 Å². The van der Waals surface area contributed by atoms with Crippen molar-refractivity contribution in [3.8, 4) is 5.75 Å². The van der Waals surface area contributed by atoms with Gasteiger partial charge in [0, 0.05) is 7.05 Å². The molecule has 6 heteroatoms. The van der Waals surface area contributed by atoms with Crippen molar-refractivity contribution in [2.75, 3.05) is 6.61 Å². The predicted octanol–water partition coefficient (Wildman–Crippen LogP) is 1.71. The van der Waals surface area contributed by atoms with E-state index in [-0.39, 0.29) is 29.5 Å². The number of aromatic nitrogens is 2. The first kappa shape index (κ1) is 14.6. The Morgan fingerprint density at radius 2 is 2.05 bits per heavy atom. The third-order valence-electron chi connectivity index (χ3n) is 3.74. The van der Waals surface area contributed by atoms with Crippen molar-refractivity contribution in [1.29, 1.82) is 0 Å². The fraction of sp³-hybridized carbons (Fsp3) is 0.643. The zero-order valence-electron chi connectivity index (χ0n) is 11.9. The quantitative estimate of drug-likeness (QED) is 0.852. The monoisotopic (exact) mass is 280 g/mol. The first-order valence-corrected chi connectivity index (χ1v) is 7.03. The van der Waals surface area contributed by atoms with E-state index in [4.69, 9.17) is 4.74 Å². The van der Waals surface area contributed by atoms with Crippen LogP contribution in [0.5, 0.6) is 5.75 Å². The number of nitrogens with zero attached hydrogens (tertiary/aromatic N) is 2. The number of carbonyl (C=O) groups is 1. The van der Waals surface area contributed by atoms with Gasteiger partial charge in [-0.05, 0) is 25.7 Å². The van der Waals surface area contributed by atoms with Crippen molar-refractivity contribution < 1.29 is 14.6 Å². The summed E-state index contributed by atoms with van der Waals surface area (Å²) in [5, 5.41) is 14.1.